The Kier molecular flexibility index (Phi) is 5.88. The van der Waals surface area contributed by atoms with Crippen molar-refractivity contribution in [1.82, 2.24) is 4.90 Å². The van der Waals surface area contributed by atoms with Gasteiger partial charge in [0.05, 0.1) is 11.8 Å². The van der Waals surface area contributed by atoms with Crippen LogP contribution in [0, 0.1) is 49.4 Å². The zero-order valence-electron chi connectivity index (χ0n) is 22.6. The van der Waals surface area contributed by atoms with Crippen LogP contribution in [0.25, 0.3) is 0 Å². The van der Waals surface area contributed by atoms with E-state index in [-0.39, 0.29) is 47.8 Å². The molecule has 8 rings (SSSR count). The molecule has 0 aromatic heterocycles. The predicted molar refractivity (Wildman–Crippen MR) is 152 cm³/mol. The molecule has 0 spiro atoms. The molecule has 7 atom stereocenters. The molecule has 202 valence electrons. The van der Waals surface area contributed by atoms with Crippen LogP contribution in [0.2, 0.25) is 0 Å². The van der Waals surface area contributed by atoms with Crippen molar-refractivity contribution in [1.29, 1.82) is 0 Å². The van der Waals surface area contributed by atoms with Crippen molar-refractivity contribution in [3.05, 3.63) is 102 Å². The van der Waals surface area contributed by atoms with Crippen LogP contribution in [-0.2, 0) is 20.8 Å². The van der Waals surface area contributed by atoms with Crippen molar-refractivity contribution in [2.45, 2.75) is 32.7 Å². The molecule has 3 fully saturated rings. The number of amides is 3. The van der Waals surface area contributed by atoms with Gasteiger partial charge in [-0.25, -0.2) is 0 Å². The average molecular weight is 533 g/mol. The van der Waals surface area contributed by atoms with Gasteiger partial charge in [0.25, 0.3) is 0 Å². The summed E-state index contributed by atoms with van der Waals surface area (Å²) in [5.74, 6) is 1.26. The zero-order chi connectivity index (χ0) is 27.5. The first-order chi connectivity index (χ1) is 19.4. The number of aryl methyl sites for hydroxylation is 2. The summed E-state index contributed by atoms with van der Waals surface area (Å²) < 4.78 is 6.01. The van der Waals surface area contributed by atoms with E-state index < -0.39 is 6.04 Å². The number of likely N-dealkylation sites (tertiary alicyclic amines) is 1. The summed E-state index contributed by atoms with van der Waals surface area (Å²) in [4.78, 5) is 42.8. The van der Waals surface area contributed by atoms with Crippen LogP contribution < -0.4 is 10.1 Å². The van der Waals surface area contributed by atoms with Crippen LogP contribution in [0.1, 0.15) is 23.1 Å². The Morgan fingerprint density at radius 3 is 2.05 bits per heavy atom. The summed E-state index contributed by atoms with van der Waals surface area (Å²) in [6.45, 7) is 4.05. The lowest BCUT2D eigenvalue weighted by atomic mass is 9.63. The SMILES string of the molecule is Cc1cc(C)cc(Oc2ccc(NC(=O)[C@@H](Cc3ccccc3)N3C(=O)[C@@H]4[C@@H]5C=C[C@H]([C@H]6C[C@@H]56)[C@@H]4C3=O)cc2)c1. The van der Waals surface area contributed by atoms with Crippen LogP contribution in [-0.4, -0.2) is 28.7 Å². The highest BCUT2D eigenvalue weighted by Gasteiger charge is 2.67. The molecule has 5 aliphatic rings. The van der Waals surface area contributed by atoms with Crippen molar-refractivity contribution in [2.24, 2.45) is 35.5 Å². The molecule has 1 aliphatic heterocycles. The Morgan fingerprint density at radius 1 is 0.850 bits per heavy atom. The minimum absolute atomic E-state index is 0.117. The number of nitrogens with one attached hydrogen (secondary N) is 1. The van der Waals surface area contributed by atoms with Gasteiger partial charge in [0.2, 0.25) is 17.7 Å². The van der Waals surface area contributed by atoms with Crippen molar-refractivity contribution in [3.63, 3.8) is 0 Å². The second-order valence-electron chi connectivity index (χ2n) is 11.8. The van der Waals surface area contributed by atoms with Crippen LogP contribution in [0.15, 0.2) is 84.9 Å². The third-order valence-electron chi connectivity index (χ3n) is 9.14. The lowest BCUT2D eigenvalue weighted by Crippen LogP contribution is -2.49. The molecule has 0 unspecified atom stereocenters. The number of carbonyl (C=O) groups is 3. The molecule has 0 radical (unpaired) electrons. The average Bonchev–Trinajstić information content (AvgIpc) is 3.72. The molecule has 1 N–H and O–H groups in total. The third-order valence-corrected chi connectivity index (χ3v) is 9.14. The predicted octanol–water partition coefficient (Wildman–Crippen LogP) is 5.70. The van der Waals surface area contributed by atoms with Crippen LogP contribution in [0.4, 0.5) is 5.69 Å². The molecular formula is C34H32N2O4. The summed E-state index contributed by atoms with van der Waals surface area (Å²) in [7, 11) is 0. The first kappa shape index (κ1) is 24.8. The van der Waals surface area contributed by atoms with Crippen LogP contribution in [0.5, 0.6) is 11.5 Å². The van der Waals surface area contributed by atoms with Gasteiger partial charge >= 0.3 is 0 Å². The topological polar surface area (TPSA) is 75.7 Å². The van der Waals surface area contributed by atoms with Crippen LogP contribution in [0.3, 0.4) is 0 Å². The van der Waals surface area contributed by atoms with Gasteiger partial charge in [0.1, 0.15) is 17.5 Å². The molecule has 2 saturated carbocycles. The van der Waals surface area contributed by atoms with Gasteiger partial charge in [-0.3, -0.25) is 19.3 Å². The third kappa shape index (κ3) is 4.23. The van der Waals surface area contributed by atoms with Gasteiger partial charge in [0.15, 0.2) is 0 Å². The maximum absolute atomic E-state index is 13.8. The largest absolute Gasteiger partial charge is 0.457 e. The van der Waals surface area contributed by atoms with Gasteiger partial charge in [-0.1, -0.05) is 48.6 Å². The van der Waals surface area contributed by atoms with Crippen molar-refractivity contribution in [2.75, 3.05) is 5.32 Å². The fraction of sp³-hybridized carbons (Fsp3) is 0.324. The smallest absolute Gasteiger partial charge is 0.248 e. The summed E-state index contributed by atoms with van der Waals surface area (Å²) in [5, 5.41) is 2.97. The van der Waals surface area contributed by atoms with Gasteiger partial charge in [-0.05, 0) is 97.0 Å². The Labute approximate surface area is 234 Å². The summed E-state index contributed by atoms with van der Waals surface area (Å²) in [6.07, 6.45) is 5.69. The summed E-state index contributed by atoms with van der Waals surface area (Å²) in [5.41, 5.74) is 3.72. The molecule has 40 heavy (non-hydrogen) atoms. The number of carbonyl (C=O) groups excluding carboxylic acids is 3. The standard InChI is InChI=1S/C34H32N2O4/c1-19-14-20(2)16-24(15-19)40-23-10-8-22(9-11-23)35-32(37)29(17-21-6-4-3-5-7-21)36-33(38)30-25-12-13-26(28-18-27(25)28)31(30)34(36)39/h3-16,25-31H,17-18H2,1-2H3,(H,35,37)/t25-,26-,27-,28+,29-,30+,31-/m1/s1. The number of imide groups is 1. The van der Waals surface area contributed by atoms with Gasteiger partial charge < -0.3 is 10.1 Å². The Bertz CT molecular complexity index is 1470. The van der Waals surface area contributed by atoms with Gasteiger partial charge in [-0.15, -0.1) is 0 Å². The Hall–Kier alpha value is -4.19. The summed E-state index contributed by atoms with van der Waals surface area (Å²) >= 11 is 0. The van der Waals surface area contributed by atoms with Crippen molar-refractivity contribution in [3.8, 4) is 11.5 Å². The molecular weight excluding hydrogens is 500 g/mol. The molecule has 6 heteroatoms. The van der Waals surface area contributed by atoms with E-state index in [4.69, 9.17) is 4.74 Å². The molecule has 1 saturated heterocycles. The quantitative estimate of drug-likeness (QED) is 0.313. The van der Waals surface area contributed by atoms with Crippen molar-refractivity contribution >= 4 is 23.4 Å². The molecule has 2 bridgehead atoms. The Balaban J connectivity index is 1.12. The molecule has 4 aliphatic carbocycles. The highest BCUT2D eigenvalue weighted by Crippen LogP contribution is 2.65. The van der Waals surface area contributed by atoms with E-state index in [1.54, 1.807) is 24.3 Å². The molecule has 6 nitrogen and oxygen atoms in total. The van der Waals surface area contributed by atoms with E-state index in [0.29, 0.717) is 23.3 Å². The number of nitrogens with zero attached hydrogens (tertiary/aromatic N) is 1. The minimum Gasteiger partial charge on any atom is -0.457 e. The van der Waals surface area contributed by atoms with E-state index in [1.807, 2.05) is 56.3 Å². The Morgan fingerprint density at radius 2 is 1.45 bits per heavy atom. The number of benzene rings is 3. The monoisotopic (exact) mass is 532 g/mol. The fourth-order valence-corrected chi connectivity index (χ4v) is 7.39. The fourth-order valence-electron chi connectivity index (χ4n) is 7.39. The van der Waals surface area contributed by atoms with E-state index in [0.717, 1.165) is 28.9 Å². The second kappa shape index (κ2) is 9.47. The highest BCUT2D eigenvalue weighted by molar-refractivity contribution is 6.10. The number of hydrogen-bond donors (Lipinski definition) is 1. The minimum atomic E-state index is -0.921. The van der Waals surface area contributed by atoms with E-state index >= 15 is 0 Å². The van der Waals surface area contributed by atoms with Crippen molar-refractivity contribution < 1.29 is 19.1 Å². The lowest BCUT2D eigenvalue weighted by molar-refractivity contribution is -0.146. The van der Waals surface area contributed by atoms with E-state index in [2.05, 4.69) is 23.5 Å². The molecule has 3 aromatic carbocycles. The van der Waals surface area contributed by atoms with Gasteiger partial charge in [-0.2, -0.15) is 0 Å². The zero-order valence-corrected chi connectivity index (χ0v) is 22.6. The number of ether oxygens (including phenoxy) is 1. The van der Waals surface area contributed by atoms with E-state index in [1.165, 1.54) is 4.90 Å². The maximum Gasteiger partial charge on any atom is 0.248 e. The molecule has 3 aromatic rings. The molecule has 3 amide bonds. The maximum atomic E-state index is 13.8. The van der Waals surface area contributed by atoms with Gasteiger partial charge in [0, 0.05) is 12.1 Å². The second-order valence-corrected chi connectivity index (χ2v) is 11.8. The number of anilines is 1. The number of allylic oxidation sites excluding steroid dienone is 2. The summed E-state index contributed by atoms with van der Waals surface area (Å²) in [6, 6.07) is 21.9. The first-order valence-corrected chi connectivity index (χ1v) is 14.1. The number of hydrogen-bond acceptors (Lipinski definition) is 4. The van der Waals surface area contributed by atoms with Crippen LogP contribution >= 0.6 is 0 Å². The lowest BCUT2D eigenvalue weighted by Gasteiger charge is -2.37. The highest BCUT2D eigenvalue weighted by atomic mass is 16.5. The normalized spacial score (nSPS) is 28.2. The number of rotatable bonds is 7. The molecule has 1 heterocycles. The first-order valence-electron chi connectivity index (χ1n) is 14.1. The van der Waals surface area contributed by atoms with E-state index in [9.17, 15) is 14.4 Å².